The zero-order valence-corrected chi connectivity index (χ0v) is 15.2. The Balaban J connectivity index is 1.99. The number of carbonyl (C=O) groups excluding carboxylic acids is 1. The number of ether oxygens (including phenoxy) is 2. The van der Waals surface area contributed by atoms with Gasteiger partial charge in [-0.3, -0.25) is 4.79 Å². The number of benzene rings is 2. The molecule has 0 heterocycles. The number of rotatable bonds is 7. The molecule has 6 heteroatoms. The van der Waals surface area contributed by atoms with E-state index >= 15 is 0 Å². The number of carbonyl (C=O) groups is 1. The lowest BCUT2D eigenvalue weighted by molar-refractivity contribution is -0.130. The summed E-state index contributed by atoms with van der Waals surface area (Å²) in [5.74, 6) is 0.826. The van der Waals surface area contributed by atoms with Crippen LogP contribution >= 0.6 is 11.6 Å². The Labute approximate surface area is 152 Å². The molecule has 0 unspecified atom stereocenters. The van der Waals surface area contributed by atoms with Crippen molar-refractivity contribution in [2.24, 2.45) is 0 Å². The Morgan fingerprint density at radius 2 is 1.88 bits per heavy atom. The zero-order chi connectivity index (χ0) is 18.4. The van der Waals surface area contributed by atoms with E-state index in [2.05, 4.69) is 5.32 Å². The van der Waals surface area contributed by atoms with Crippen LogP contribution in [-0.4, -0.2) is 31.3 Å². The van der Waals surface area contributed by atoms with Crippen LogP contribution in [0.25, 0.3) is 0 Å². The van der Waals surface area contributed by atoms with Crippen LogP contribution in [0.1, 0.15) is 24.2 Å². The lowest BCUT2D eigenvalue weighted by atomic mass is 10.0. The Hall–Kier alpha value is -2.24. The van der Waals surface area contributed by atoms with Crippen molar-refractivity contribution in [1.29, 1.82) is 0 Å². The molecule has 2 aromatic rings. The predicted octanol–water partition coefficient (Wildman–Crippen LogP) is 3.14. The van der Waals surface area contributed by atoms with Crippen LogP contribution in [0.3, 0.4) is 0 Å². The van der Waals surface area contributed by atoms with Crippen LogP contribution in [0.2, 0.25) is 5.02 Å². The molecular formula is C19H22ClNO4. The van der Waals surface area contributed by atoms with Gasteiger partial charge < -0.3 is 19.9 Å². The summed E-state index contributed by atoms with van der Waals surface area (Å²) in [6.07, 6.45) is -0.666. The highest BCUT2D eigenvalue weighted by Gasteiger charge is 2.19. The van der Waals surface area contributed by atoms with Gasteiger partial charge in [0.05, 0.1) is 14.2 Å². The molecule has 0 spiro atoms. The molecular weight excluding hydrogens is 342 g/mol. The monoisotopic (exact) mass is 363 g/mol. The maximum absolute atomic E-state index is 12.2. The Bertz CT molecular complexity index is 735. The van der Waals surface area contributed by atoms with Gasteiger partial charge in [-0.15, -0.1) is 0 Å². The number of aliphatic hydroxyl groups is 1. The molecule has 134 valence electrons. The van der Waals surface area contributed by atoms with E-state index in [9.17, 15) is 9.90 Å². The minimum atomic E-state index is -1.26. The first-order valence-electron chi connectivity index (χ1n) is 7.89. The fraction of sp³-hybridized carbons (Fsp3) is 0.316. The van der Waals surface area contributed by atoms with Gasteiger partial charge >= 0.3 is 0 Å². The van der Waals surface area contributed by atoms with Gasteiger partial charge in [0.1, 0.15) is 0 Å². The average molecular weight is 364 g/mol. The third-order valence-electron chi connectivity index (χ3n) is 3.79. The van der Waals surface area contributed by atoms with Gasteiger partial charge in [0.15, 0.2) is 17.6 Å². The minimum Gasteiger partial charge on any atom is -0.493 e. The third-order valence-corrected chi connectivity index (χ3v) is 4.03. The predicted molar refractivity (Wildman–Crippen MR) is 97.3 cm³/mol. The first kappa shape index (κ1) is 19.1. The van der Waals surface area contributed by atoms with E-state index in [-0.39, 0.29) is 6.04 Å². The van der Waals surface area contributed by atoms with E-state index in [1.54, 1.807) is 38.5 Å². The number of nitrogens with one attached hydrogen (secondary N) is 1. The van der Waals surface area contributed by atoms with Crippen molar-refractivity contribution >= 4 is 17.5 Å². The summed E-state index contributed by atoms with van der Waals surface area (Å²) < 4.78 is 10.5. The summed E-state index contributed by atoms with van der Waals surface area (Å²) >= 11 is 5.90. The number of amides is 1. The molecule has 1 amide bonds. The quantitative estimate of drug-likeness (QED) is 0.793. The molecule has 0 aliphatic rings. The topological polar surface area (TPSA) is 67.8 Å². The second-order valence-electron chi connectivity index (χ2n) is 5.76. The van der Waals surface area contributed by atoms with E-state index in [1.165, 1.54) is 0 Å². The highest BCUT2D eigenvalue weighted by molar-refractivity contribution is 6.30. The van der Waals surface area contributed by atoms with Crippen molar-refractivity contribution in [3.63, 3.8) is 0 Å². The molecule has 5 nitrogen and oxygen atoms in total. The van der Waals surface area contributed by atoms with Crippen LogP contribution in [0.4, 0.5) is 0 Å². The van der Waals surface area contributed by atoms with Gasteiger partial charge in [-0.05, 0) is 48.7 Å². The third kappa shape index (κ3) is 5.11. The number of hydrogen-bond acceptors (Lipinski definition) is 4. The fourth-order valence-corrected chi connectivity index (χ4v) is 2.76. The second kappa shape index (κ2) is 8.74. The number of methoxy groups -OCH3 is 2. The largest absolute Gasteiger partial charge is 0.493 e. The molecule has 0 radical (unpaired) electrons. The highest BCUT2D eigenvalue weighted by atomic mass is 35.5. The van der Waals surface area contributed by atoms with Gasteiger partial charge in [0.25, 0.3) is 5.91 Å². The fourth-order valence-electron chi connectivity index (χ4n) is 2.56. The SMILES string of the molecule is COc1ccc(C[C@@H](C)NC(=O)[C@H](O)c2cccc(Cl)c2)cc1OC. The molecule has 2 atom stereocenters. The first-order valence-corrected chi connectivity index (χ1v) is 8.27. The summed E-state index contributed by atoms with van der Waals surface area (Å²) in [7, 11) is 3.16. The van der Waals surface area contributed by atoms with E-state index in [4.69, 9.17) is 21.1 Å². The zero-order valence-electron chi connectivity index (χ0n) is 14.5. The van der Waals surface area contributed by atoms with E-state index in [0.717, 1.165) is 5.56 Å². The lowest BCUT2D eigenvalue weighted by Crippen LogP contribution is -2.37. The van der Waals surface area contributed by atoms with Crippen molar-refractivity contribution in [3.8, 4) is 11.5 Å². The van der Waals surface area contributed by atoms with Crippen molar-refractivity contribution in [1.82, 2.24) is 5.32 Å². The molecule has 0 saturated carbocycles. The number of hydrogen-bond donors (Lipinski definition) is 2. The molecule has 0 aliphatic carbocycles. The molecule has 2 N–H and O–H groups in total. The van der Waals surface area contributed by atoms with Crippen LogP contribution in [0.5, 0.6) is 11.5 Å². The first-order chi connectivity index (χ1) is 11.9. The highest BCUT2D eigenvalue weighted by Crippen LogP contribution is 2.28. The smallest absolute Gasteiger partial charge is 0.253 e. The average Bonchev–Trinajstić information content (AvgIpc) is 2.60. The summed E-state index contributed by atoms with van der Waals surface area (Å²) in [5.41, 5.74) is 1.45. The molecule has 25 heavy (non-hydrogen) atoms. The van der Waals surface area contributed by atoms with Gasteiger partial charge in [0.2, 0.25) is 0 Å². The Morgan fingerprint density at radius 3 is 2.52 bits per heavy atom. The van der Waals surface area contributed by atoms with Gasteiger partial charge in [0, 0.05) is 11.1 Å². The standard InChI is InChI=1S/C19H22ClNO4/c1-12(9-13-7-8-16(24-2)17(10-13)25-3)21-19(23)18(22)14-5-4-6-15(20)11-14/h4-8,10-12,18,22H,9H2,1-3H3,(H,21,23)/t12-,18-/m1/s1. The van der Waals surface area contributed by atoms with Crippen molar-refractivity contribution in [2.45, 2.75) is 25.5 Å². The van der Waals surface area contributed by atoms with Crippen molar-refractivity contribution in [3.05, 3.63) is 58.6 Å². The van der Waals surface area contributed by atoms with E-state index in [0.29, 0.717) is 28.5 Å². The van der Waals surface area contributed by atoms with Gasteiger partial charge in [-0.2, -0.15) is 0 Å². The molecule has 0 aromatic heterocycles. The van der Waals surface area contributed by atoms with Crippen LogP contribution in [0, 0.1) is 0 Å². The lowest BCUT2D eigenvalue weighted by Gasteiger charge is -2.18. The summed E-state index contributed by atoms with van der Waals surface area (Å²) in [6, 6.07) is 12.1. The normalized spacial score (nSPS) is 13.0. The number of halogens is 1. The van der Waals surface area contributed by atoms with Crippen LogP contribution < -0.4 is 14.8 Å². The second-order valence-corrected chi connectivity index (χ2v) is 6.20. The molecule has 2 rings (SSSR count). The van der Waals surface area contributed by atoms with E-state index < -0.39 is 12.0 Å². The van der Waals surface area contributed by atoms with E-state index in [1.807, 2.05) is 25.1 Å². The van der Waals surface area contributed by atoms with Crippen molar-refractivity contribution < 1.29 is 19.4 Å². The molecule has 0 aliphatic heterocycles. The number of aliphatic hydroxyl groups excluding tert-OH is 1. The summed E-state index contributed by atoms with van der Waals surface area (Å²) in [5, 5.41) is 13.5. The van der Waals surface area contributed by atoms with Crippen LogP contribution in [0.15, 0.2) is 42.5 Å². The summed E-state index contributed by atoms with van der Waals surface area (Å²) in [4.78, 5) is 12.2. The van der Waals surface area contributed by atoms with Gasteiger partial charge in [-0.25, -0.2) is 0 Å². The Morgan fingerprint density at radius 1 is 1.16 bits per heavy atom. The maximum atomic E-state index is 12.2. The minimum absolute atomic E-state index is 0.167. The molecule has 0 fully saturated rings. The molecule has 2 aromatic carbocycles. The Kier molecular flexibility index (Phi) is 6.67. The summed E-state index contributed by atoms with van der Waals surface area (Å²) in [6.45, 7) is 1.87. The van der Waals surface area contributed by atoms with Crippen LogP contribution in [-0.2, 0) is 11.2 Å². The van der Waals surface area contributed by atoms with Crippen molar-refractivity contribution in [2.75, 3.05) is 14.2 Å². The van der Waals surface area contributed by atoms with Gasteiger partial charge in [-0.1, -0.05) is 29.8 Å². The molecule has 0 saturated heterocycles. The molecule has 0 bridgehead atoms. The maximum Gasteiger partial charge on any atom is 0.253 e.